The average molecular weight is 276 g/mol. The molecule has 19 heavy (non-hydrogen) atoms. The fourth-order valence-corrected chi connectivity index (χ4v) is 2.58. The highest BCUT2D eigenvalue weighted by atomic mass is 32.1. The Morgan fingerprint density at radius 1 is 1.37 bits per heavy atom. The summed E-state index contributed by atoms with van der Waals surface area (Å²) < 4.78 is 0. The van der Waals surface area contributed by atoms with E-state index in [2.05, 4.69) is 40.5 Å². The van der Waals surface area contributed by atoms with Gasteiger partial charge in [-0.3, -0.25) is 9.78 Å². The highest BCUT2D eigenvalue weighted by Crippen LogP contribution is 2.20. The predicted octanol–water partition coefficient (Wildman–Crippen LogP) is 2.13. The molecule has 2 N–H and O–H groups in total. The van der Waals surface area contributed by atoms with Crippen molar-refractivity contribution >= 4 is 23.1 Å². The summed E-state index contributed by atoms with van der Waals surface area (Å²) in [5.74, 6) is 0.365. The van der Waals surface area contributed by atoms with Crippen LogP contribution in [0.3, 0.4) is 0 Å². The zero-order chi connectivity index (χ0) is 13.8. The highest BCUT2D eigenvalue weighted by molar-refractivity contribution is 7.12. The number of thiophene rings is 1. The monoisotopic (exact) mass is 276 g/mol. The summed E-state index contributed by atoms with van der Waals surface area (Å²) >= 11 is 1.70. The molecular weight excluding hydrogens is 260 g/mol. The van der Waals surface area contributed by atoms with Crippen molar-refractivity contribution in [1.82, 2.24) is 15.3 Å². The molecule has 0 aliphatic rings. The van der Waals surface area contributed by atoms with Gasteiger partial charge in [-0.2, -0.15) is 0 Å². The molecule has 6 heteroatoms. The zero-order valence-corrected chi connectivity index (χ0v) is 12.0. The molecule has 1 amide bonds. The van der Waals surface area contributed by atoms with E-state index in [-0.39, 0.29) is 5.91 Å². The Hall–Kier alpha value is -1.95. The van der Waals surface area contributed by atoms with Crippen LogP contribution in [0.25, 0.3) is 0 Å². The van der Waals surface area contributed by atoms with Crippen molar-refractivity contribution in [3.8, 4) is 0 Å². The molecule has 0 aliphatic heterocycles. The van der Waals surface area contributed by atoms with Crippen LogP contribution in [0.15, 0.2) is 18.5 Å². The molecule has 0 aliphatic carbocycles. The maximum atomic E-state index is 11.9. The molecule has 2 aromatic rings. The van der Waals surface area contributed by atoms with E-state index < -0.39 is 0 Å². The third kappa shape index (κ3) is 3.29. The number of nitrogens with one attached hydrogen (secondary N) is 2. The van der Waals surface area contributed by atoms with Crippen LogP contribution in [0.5, 0.6) is 0 Å². The molecule has 0 bridgehead atoms. The Labute approximate surface area is 116 Å². The van der Waals surface area contributed by atoms with Crippen molar-refractivity contribution in [2.45, 2.75) is 20.4 Å². The third-order valence-corrected chi connectivity index (χ3v) is 3.92. The normalized spacial score (nSPS) is 10.3. The third-order valence-electron chi connectivity index (χ3n) is 2.76. The molecule has 0 fully saturated rings. The van der Waals surface area contributed by atoms with Gasteiger partial charge in [-0.15, -0.1) is 11.3 Å². The summed E-state index contributed by atoms with van der Waals surface area (Å²) in [4.78, 5) is 22.5. The first kappa shape index (κ1) is 13.5. The lowest BCUT2D eigenvalue weighted by Crippen LogP contribution is -2.23. The van der Waals surface area contributed by atoms with Gasteiger partial charge in [0.2, 0.25) is 0 Å². The maximum Gasteiger partial charge on any atom is 0.271 e. The van der Waals surface area contributed by atoms with E-state index in [0.29, 0.717) is 18.1 Å². The fraction of sp³-hybridized carbons (Fsp3) is 0.308. The number of hydrogen-bond donors (Lipinski definition) is 2. The van der Waals surface area contributed by atoms with Crippen molar-refractivity contribution in [3.63, 3.8) is 0 Å². The van der Waals surface area contributed by atoms with Crippen molar-refractivity contribution < 1.29 is 4.79 Å². The molecule has 0 atom stereocenters. The van der Waals surface area contributed by atoms with Gasteiger partial charge in [0.15, 0.2) is 0 Å². The second kappa shape index (κ2) is 5.79. The van der Waals surface area contributed by atoms with Crippen LogP contribution in [0.2, 0.25) is 0 Å². The van der Waals surface area contributed by atoms with Gasteiger partial charge in [-0.05, 0) is 25.5 Å². The Balaban J connectivity index is 2.00. The Bertz CT molecular complexity index is 575. The Kier molecular flexibility index (Phi) is 4.11. The first-order chi connectivity index (χ1) is 9.10. The average Bonchev–Trinajstić information content (AvgIpc) is 2.75. The van der Waals surface area contributed by atoms with Crippen LogP contribution in [-0.4, -0.2) is 22.9 Å². The lowest BCUT2D eigenvalue weighted by Gasteiger charge is -2.04. The minimum atomic E-state index is -0.215. The Morgan fingerprint density at radius 2 is 2.16 bits per heavy atom. The molecule has 0 saturated heterocycles. The van der Waals surface area contributed by atoms with Gasteiger partial charge < -0.3 is 10.6 Å². The molecule has 0 unspecified atom stereocenters. The van der Waals surface area contributed by atoms with E-state index in [1.54, 1.807) is 24.6 Å². The van der Waals surface area contributed by atoms with Crippen molar-refractivity contribution in [1.29, 1.82) is 0 Å². The van der Waals surface area contributed by atoms with Gasteiger partial charge in [-0.1, -0.05) is 0 Å². The first-order valence-electron chi connectivity index (χ1n) is 5.94. The van der Waals surface area contributed by atoms with Gasteiger partial charge in [0.05, 0.1) is 18.9 Å². The van der Waals surface area contributed by atoms with Crippen LogP contribution in [0.4, 0.5) is 5.82 Å². The topological polar surface area (TPSA) is 66.9 Å². The number of aromatic nitrogens is 2. The van der Waals surface area contributed by atoms with Crippen LogP contribution in [-0.2, 0) is 6.54 Å². The van der Waals surface area contributed by atoms with E-state index in [0.717, 1.165) is 4.88 Å². The second-order valence-electron chi connectivity index (χ2n) is 4.17. The number of hydrogen-bond acceptors (Lipinski definition) is 5. The van der Waals surface area contributed by atoms with Crippen molar-refractivity contribution in [2.75, 3.05) is 12.4 Å². The van der Waals surface area contributed by atoms with Gasteiger partial charge >= 0.3 is 0 Å². The standard InChI is InChI=1S/C13H16N4OS/c1-8-4-10(19-9(8)2)5-16-13(18)11-6-15-7-12(14-3)17-11/h4,6-7H,5H2,1-3H3,(H,14,17)(H,16,18). The fourth-order valence-electron chi connectivity index (χ4n) is 1.59. The van der Waals surface area contributed by atoms with Gasteiger partial charge in [0.1, 0.15) is 11.5 Å². The lowest BCUT2D eigenvalue weighted by atomic mass is 10.3. The number of carbonyl (C=O) groups is 1. The van der Waals surface area contributed by atoms with E-state index in [9.17, 15) is 4.79 Å². The summed E-state index contributed by atoms with van der Waals surface area (Å²) in [6.07, 6.45) is 3.03. The number of nitrogens with zero attached hydrogens (tertiary/aromatic N) is 2. The van der Waals surface area contributed by atoms with Crippen molar-refractivity contribution in [2.24, 2.45) is 0 Å². The summed E-state index contributed by atoms with van der Waals surface area (Å²) in [5.41, 5.74) is 1.57. The Morgan fingerprint density at radius 3 is 2.79 bits per heavy atom. The van der Waals surface area contributed by atoms with E-state index >= 15 is 0 Å². The first-order valence-corrected chi connectivity index (χ1v) is 6.75. The number of amides is 1. The molecule has 0 radical (unpaired) electrons. The second-order valence-corrected chi connectivity index (χ2v) is 5.52. The minimum absolute atomic E-state index is 0.215. The molecule has 0 spiro atoms. The van der Waals surface area contributed by atoms with E-state index in [4.69, 9.17) is 0 Å². The predicted molar refractivity (Wildman–Crippen MR) is 76.5 cm³/mol. The number of carbonyl (C=O) groups excluding carboxylic acids is 1. The number of anilines is 1. The van der Waals surface area contributed by atoms with Gasteiger partial charge in [-0.25, -0.2) is 4.98 Å². The van der Waals surface area contributed by atoms with Crippen molar-refractivity contribution in [3.05, 3.63) is 39.5 Å². The molecule has 2 aromatic heterocycles. The molecular formula is C13H16N4OS. The van der Waals surface area contributed by atoms with E-state index in [1.165, 1.54) is 16.6 Å². The van der Waals surface area contributed by atoms with E-state index in [1.807, 2.05) is 0 Å². The minimum Gasteiger partial charge on any atom is -0.372 e. The molecule has 2 heterocycles. The summed E-state index contributed by atoms with van der Waals surface area (Å²) in [5, 5.41) is 5.70. The summed E-state index contributed by atoms with van der Waals surface area (Å²) in [7, 11) is 1.74. The van der Waals surface area contributed by atoms with Crippen LogP contribution in [0, 0.1) is 13.8 Å². The molecule has 5 nitrogen and oxygen atoms in total. The quantitative estimate of drug-likeness (QED) is 0.897. The maximum absolute atomic E-state index is 11.9. The van der Waals surface area contributed by atoms with Crippen LogP contribution < -0.4 is 10.6 Å². The van der Waals surface area contributed by atoms with Crippen LogP contribution in [0.1, 0.15) is 25.8 Å². The SMILES string of the molecule is CNc1cncc(C(=O)NCc2cc(C)c(C)s2)n1. The highest BCUT2D eigenvalue weighted by Gasteiger charge is 2.09. The number of aryl methyl sites for hydroxylation is 2. The molecule has 0 saturated carbocycles. The smallest absolute Gasteiger partial charge is 0.271 e. The number of rotatable bonds is 4. The largest absolute Gasteiger partial charge is 0.372 e. The zero-order valence-electron chi connectivity index (χ0n) is 11.2. The van der Waals surface area contributed by atoms with Crippen LogP contribution >= 0.6 is 11.3 Å². The van der Waals surface area contributed by atoms with Gasteiger partial charge in [0, 0.05) is 16.8 Å². The molecule has 100 valence electrons. The summed E-state index contributed by atoms with van der Waals surface area (Å²) in [6.45, 7) is 4.66. The van der Waals surface area contributed by atoms with Gasteiger partial charge in [0.25, 0.3) is 5.91 Å². The summed E-state index contributed by atoms with van der Waals surface area (Å²) in [6, 6.07) is 2.09. The lowest BCUT2D eigenvalue weighted by molar-refractivity contribution is 0.0946. The molecule has 2 rings (SSSR count). The molecule has 0 aromatic carbocycles.